The van der Waals surface area contributed by atoms with Gasteiger partial charge in [0.1, 0.15) is 11.4 Å². The van der Waals surface area contributed by atoms with Crippen LogP contribution in [0.4, 0.5) is 10.9 Å². The van der Waals surface area contributed by atoms with Crippen LogP contribution in [0.5, 0.6) is 0 Å². The lowest BCUT2D eigenvalue weighted by atomic mass is 9.39. The highest BCUT2D eigenvalue weighted by molar-refractivity contribution is 7.22. The summed E-state index contributed by atoms with van der Waals surface area (Å²) >= 11 is 1.49. The topological polar surface area (TPSA) is 198 Å². The number of carboxylic acids is 1. The summed E-state index contributed by atoms with van der Waals surface area (Å²) in [4.78, 5) is 35.2. The second-order valence-corrected chi connectivity index (χ2v) is 18.5. The van der Waals surface area contributed by atoms with Crippen molar-refractivity contribution in [3.8, 4) is 11.1 Å². The molecule has 2 unspecified atom stereocenters. The largest absolute Gasteiger partial charge is 0.476 e. The first-order valence-electron chi connectivity index (χ1n) is 19.6. The third kappa shape index (κ3) is 7.83. The number of carbonyl (C=O) groups is 2. The summed E-state index contributed by atoms with van der Waals surface area (Å²) in [6, 6.07) is 12.6. The van der Waals surface area contributed by atoms with Crippen LogP contribution in [-0.4, -0.2) is 95.0 Å². The number of aromatic nitrogens is 6. The van der Waals surface area contributed by atoms with Crippen LogP contribution in [0.2, 0.25) is 0 Å². The van der Waals surface area contributed by atoms with Crippen LogP contribution in [0, 0.1) is 30.1 Å². The molecule has 0 aliphatic heterocycles. The van der Waals surface area contributed by atoms with Gasteiger partial charge in [0.05, 0.1) is 41.3 Å². The number of aliphatic hydroxyl groups excluding tert-OH is 2. The van der Waals surface area contributed by atoms with Crippen molar-refractivity contribution in [1.82, 2.24) is 35.3 Å². The summed E-state index contributed by atoms with van der Waals surface area (Å²) < 4.78 is 9.86. The molecule has 4 aliphatic carbocycles. The second kappa shape index (κ2) is 14.9. The minimum absolute atomic E-state index is 0.0340. The van der Waals surface area contributed by atoms with Crippen LogP contribution >= 0.6 is 11.3 Å². The zero-order valence-corrected chi connectivity index (χ0v) is 33.7. The first kappa shape index (κ1) is 39.2. The lowest BCUT2D eigenvalue weighted by Crippen LogP contribution is -2.64. The monoisotopic (exact) mass is 794 g/mol. The van der Waals surface area contributed by atoms with Gasteiger partial charge in [-0.3, -0.25) is 9.48 Å². The molecular formula is C42H50N8O6S. The van der Waals surface area contributed by atoms with E-state index in [4.69, 9.17) is 14.9 Å². The number of fused-ring (bicyclic) bond motifs is 1. The van der Waals surface area contributed by atoms with Gasteiger partial charge < -0.3 is 30.7 Å². The normalized spacial score (nSPS) is 25.6. The minimum atomic E-state index is -1.25. The van der Waals surface area contributed by atoms with Gasteiger partial charge >= 0.3 is 5.97 Å². The van der Waals surface area contributed by atoms with Crippen molar-refractivity contribution in [3.05, 3.63) is 77.0 Å². The predicted octanol–water partition coefficient (Wildman–Crippen LogP) is 6.10. The molecule has 0 spiro atoms. The van der Waals surface area contributed by atoms with E-state index >= 15 is 0 Å². The number of hydrogen-bond donors (Lipinski definition) is 5. The van der Waals surface area contributed by atoms with E-state index in [-0.39, 0.29) is 45.5 Å². The van der Waals surface area contributed by atoms with E-state index in [1.165, 1.54) is 23.8 Å². The molecule has 300 valence electrons. The highest BCUT2D eigenvalue weighted by Gasteiger charge is 2.66. The van der Waals surface area contributed by atoms with Crippen molar-refractivity contribution in [1.29, 1.82) is 0 Å². The first-order chi connectivity index (χ1) is 27.2. The van der Waals surface area contributed by atoms with E-state index in [1.807, 2.05) is 42.8 Å². The summed E-state index contributed by atoms with van der Waals surface area (Å²) in [5.41, 5.74) is 3.24. The smallest absolute Gasteiger partial charge is 0.355 e. The molecule has 5 aromatic rings. The van der Waals surface area contributed by atoms with Gasteiger partial charge in [0, 0.05) is 29.9 Å². The van der Waals surface area contributed by atoms with Gasteiger partial charge in [-0.1, -0.05) is 37.3 Å². The Kier molecular flexibility index (Phi) is 10.3. The molecule has 4 bridgehead atoms. The number of pyridine rings is 1. The standard InChI is InChI=1S/C42H50N8O6S/c1-25-15-32(48-49-36(25)47-38-46-30-7-5-6-8-33(30)57-38)35(53)31-10-9-28(34(45-31)37(54)55)29-16-44-50(26(29)2)24-41-19-39(3)18-40(4,20-41)22-42(21-39,23-41)56-14-13-43-12-11-27(52)17-51/h5-10,15-16,27,43,51-52H,11-14,17-24H2,1-4H3,(H,54,55)(H,46,47,49)/t27-,39-,40+,41?,42?/m0/s1. The number of aromatic carboxylic acids is 1. The van der Waals surface area contributed by atoms with E-state index < -0.39 is 17.9 Å². The molecule has 0 amide bonds. The maximum absolute atomic E-state index is 13.6. The third-order valence-corrected chi connectivity index (χ3v) is 13.1. The van der Waals surface area contributed by atoms with Gasteiger partial charge in [-0.2, -0.15) is 5.10 Å². The average molecular weight is 795 g/mol. The molecule has 4 aromatic heterocycles. The molecule has 4 aliphatic rings. The Bertz CT molecular complexity index is 2290. The van der Waals surface area contributed by atoms with Gasteiger partial charge in [0.25, 0.3) is 0 Å². The molecule has 5 atom stereocenters. The highest BCUT2D eigenvalue weighted by atomic mass is 32.1. The van der Waals surface area contributed by atoms with Crippen LogP contribution < -0.4 is 10.6 Å². The number of nitrogens with one attached hydrogen (secondary N) is 2. The number of anilines is 2. The van der Waals surface area contributed by atoms with Gasteiger partial charge in [0.15, 0.2) is 16.6 Å². The molecular weight excluding hydrogens is 745 g/mol. The Morgan fingerprint density at radius 2 is 1.72 bits per heavy atom. The van der Waals surface area contributed by atoms with E-state index in [1.54, 1.807) is 18.3 Å². The third-order valence-electron chi connectivity index (χ3n) is 12.1. The fourth-order valence-corrected chi connectivity index (χ4v) is 11.9. The van der Waals surface area contributed by atoms with Crippen molar-refractivity contribution in [2.24, 2.45) is 16.2 Å². The van der Waals surface area contributed by atoms with Crippen molar-refractivity contribution < 1.29 is 29.6 Å². The molecule has 0 radical (unpaired) electrons. The molecule has 4 saturated carbocycles. The molecule has 57 heavy (non-hydrogen) atoms. The number of benzene rings is 1. The van der Waals surface area contributed by atoms with Crippen molar-refractivity contribution in [2.75, 3.05) is 31.6 Å². The van der Waals surface area contributed by atoms with Gasteiger partial charge in [-0.05, 0) is 117 Å². The Balaban J connectivity index is 0.986. The number of carbonyl (C=O) groups excluding carboxylic acids is 1. The highest BCUT2D eigenvalue weighted by Crippen LogP contribution is 2.72. The second-order valence-electron chi connectivity index (χ2n) is 17.5. The Labute approximate surface area is 335 Å². The summed E-state index contributed by atoms with van der Waals surface area (Å²) in [6.07, 6.45) is 7.80. The number of para-hydroxylation sites is 1. The first-order valence-corrected chi connectivity index (χ1v) is 20.4. The van der Waals surface area contributed by atoms with Gasteiger partial charge in [-0.25, -0.2) is 14.8 Å². The molecule has 1 aromatic carbocycles. The quantitative estimate of drug-likeness (QED) is 0.0568. The van der Waals surface area contributed by atoms with Crippen molar-refractivity contribution in [2.45, 2.75) is 90.9 Å². The predicted molar refractivity (Wildman–Crippen MR) is 216 cm³/mol. The number of carboxylic acid groups (broad SMARTS) is 1. The zero-order valence-electron chi connectivity index (χ0n) is 32.8. The van der Waals surface area contributed by atoms with Gasteiger partial charge in [0.2, 0.25) is 5.78 Å². The van der Waals surface area contributed by atoms with Crippen LogP contribution in [0.3, 0.4) is 0 Å². The van der Waals surface area contributed by atoms with E-state index in [9.17, 15) is 19.8 Å². The van der Waals surface area contributed by atoms with Gasteiger partial charge in [-0.15, -0.1) is 10.2 Å². The zero-order chi connectivity index (χ0) is 40.2. The maximum Gasteiger partial charge on any atom is 0.355 e. The van der Waals surface area contributed by atoms with Crippen molar-refractivity contribution >= 4 is 44.3 Å². The number of nitrogens with zero attached hydrogens (tertiary/aromatic N) is 6. The average Bonchev–Trinajstić information content (AvgIpc) is 3.73. The Morgan fingerprint density at radius 3 is 2.44 bits per heavy atom. The molecule has 5 N–H and O–H groups in total. The lowest BCUT2D eigenvalue weighted by Gasteiger charge is -2.69. The number of ether oxygens (including phenoxy) is 1. The lowest BCUT2D eigenvalue weighted by molar-refractivity contribution is -0.247. The van der Waals surface area contributed by atoms with Crippen molar-refractivity contribution in [3.63, 3.8) is 0 Å². The molecule has 14 nitrogen and oxygen atoms in total. The van der Waals surface area contributed by atoms with E-state index in [2.05, 4.69) is 44.6 Å². The van der Waals surface area contributed by atoms with E-state index in [0.29, 0.717) is 60.3 Å². The molecule has 9 rings (SSSR count). The summed E-state index contributed by atoms with van der Waals surface area (Å²) in [6.45, 7) is 10.9. The number of aliphatic hydroxyl groups is 2. The van der Waals surface area contributed by atoms with E-state index in [0.717, 1.165) is 48.0 Å². The van der Waals surface area contributed by atoms with Crippen LogP contribution in [0.15, 0.2) is 48.7 Å². The number of ketones is 1. The van der Waals surface area contributed by atoms with Crippen LogP contribution in [0.25, 0.3) is 21.3 Å². The molecule has 4 fully saturated rings. The van der Waals surface area contributed by atoms with Crippen LogP contribution in [-0.2, 0) is 11.3 Å². The van der Waals surface area contributed by atoms with Crippen LogP contribution in [0.1, 0.15) is 96.7 Å². The summed E-state index contributed by atoms with van der Waals surface area (Å²) in [5.74, 6) is -1.31. The molecule has 0 saturated heterocycles. The Hall–Kier alpha value is -4.67. The Morgan fingerprint density at radius 1 is 0.947 bits per heavy atom. The number of aryl methyl sites for hydroxylation is 1. The number of hydrogen-bond acceptors (Lipinski definition) is 13. The maximum atomic E-state index is 13.6. The fourth-order valence-electron chi connectivity index (χ4n) is 11.0. The summed E-state index contributed by atoms with van der Waals surface area (Å²) in [7, 11) is 0. The SMILES string of the molecule is Cc1cc(C(=O)c2ccc(-c3cnn(CC45CC6(OCCNCC[C@H](O)CO)C[C@](C)(C4)C[C@](C)(C5)C6)c3C)c(C(=O)O)n2)nnc1Nc1nc2ccccc2s1. The minimum Gasteiger partial charge on any atom is -0.476 e. The number of thiazole rings is 1. The fraction of sp³-hybridized carbons (Fsp3) is 0.500. The molecule has 15 heteroatoms. The molecule has 4 heterocycles. The summed E-state index contributed by atoms with van der Waals surface area (Å²) in [5, 5.41) is 49.5. The number of rotatable bonds is 16.